The Balaban J connectivity index is 1.66. The molecule has 0 amide bonds. The zero-order chi connectivity index (χ0) is 15.6. The summed E-state index contributed by atoms with van der Waals surface area (Å²) in [6.45, 7) is 0.360. The highest BCUT2D eigenvalue weighted by Gasteiger charge is 2.10. The number of thiazole rings is 1. The molecular formula is C19H13NO2S. The Morgan fingerprint density at radius 1 is 1.00 bits per heavy atom. The summed E-state index contributed by atoms with van der Waals surface area (Å²) in [7, 11) is 0. The number of aromatic nitrogens is 1. The maximum atomic E-state index is 11.5. The first-order chi connectivity index (χ1) is 11.3. The maximum Gasteiger partial charge on any atom is 0.154 e. The van der Waals surface area contributed by atoms with Crippen LogP contribution in [0.25, 0.3) is 21.0 Å². The molecule has 4 rings (SSSR count). The van der Waals surface area contributed by atoms with Crippen LogP contribution in [0.5, 0.6) is 5.75 Å². The fourth-order valence-corrected chi connectivity index (χ4v) is 3.52. The van der Waals surface area contributed by atoms with Gasteiger partial charge in [-0.15, -0.1) is 11.3 Å². The van der Waals surface area contributed by atoms with Gasteiger partial charge < -0.3 is 4.74 Å². The van der Waals surface area contributed by atoms with E-state index in [0.717, 1.165) is 32.3 Å². The van der Waals surface area contributed by atoms with Crippen LogP contribution in [0, 0.1) is 0 Å². The number of carbonyl (C=O) groups is 1. The van der Waals surface area contributed by atoms with Gasteiger partial charge in [0.15, 0.2) is 6.29 Å². The zero-order valence-corrected chi connectivity index (χ0v) is 13.0. The number of hydrogen-bond donors (Lipinski definition) is 0. The molecule has 0 fully saturated rings. The van der Waals surface area contributed by atoms with Gasteiger partial charge in [-0.1, -0.05) is 42.5 Å². The zero-order valence-electron chi connectivity index (χ0n) is 12.2. The van der Waals surface area contributed by atoms with E-state index >= 15 is 0 Å². The molecule has 3 nitrogen and oxygen atoms in total. The molecule has 0 unspecified atom stereocenters. The van der Waals surface area contributed by atoms with E-state index in [1.54, 1.807) is 11.3 Å². The molecule has 0 aliphatic heterocycles. The van der Waals surface area contributed by atoms with Gasteiger partial charge in [0.05, 0.1) is 15.8 Å². The molecule has 0 N–H and O–H groups in total. The van der Waals surface area contributed by atoms with Crippen LogP contribution in [0.4, 0.5) is 0 Å². The van der Waals surface area contributed by atoms with Crippen molar-refractivity contribution < 1.29 is 9.53 Å². The number of aldehydes is 1. The Kier molecular flexibility index (Phi) is 3.52. The van der Waals surface area contributed by atoms with Gasteiger partial charge >= 0.3 is 0 Å². The first-order valence-corrected chi connectivity index (χ1v) is 8.11. The molecule has 112 valence electrons. The molecule has 23 heavy (non-hydrogen) atoms. The quantitative estimate of drug-likeness (QED) is 0.505. The van der Waals surface area contributed by atoms with Crippen molar-refractivity contribution in [2.75, 3.05) is 0 Å². The molecular weight excluding hydrogens is 306 g/mol. The Morgan fingerprint density at radius 3 is 2.70 bits per heavy atom. The predicted octanol–water partition coefficient (Wildman–Crippen LogP) is 4.84. The van der Waals surface area contributed by atoms with Crippen LogP contribution in [0.2, 0.25) is 0 Å². The van der Waals surface area contributed by atoms with Crippen molar-refractivity contribution in [1.82, 2.24) is 4.98 Å². The highest BCUT2D eigenvalue weighted by Crippen LogP contribution is 2.28. The fourth-order valence-electron chi connectivity index (χ4n) is 2.64. The fraction of sp³-hybridized carbons (Fsp3) is 0.0526. The van der Waals surface area contributed by atoms with Gasteiger partial charge in [0, 0.05) is 0 Å². The summed E-state index contributed by atoms with van der Waals surface area (Å²) in [6.07, 6.45) is 0.857. The van der Waals surface area contributed by atoms with Crippen LogP contribution in [-0.2, 0) is 6.61 Å². The predicted molar refractivity (Wildman–Crippen MR) is 93.3 cm³/mol. The summed E-state index contributed by atoms with van der Waals surface area (Å²) in [5.41, 5.74) is 1.56. The Hall–Kier alpha value is -2.72. The third-order valence-corrected chi connectivity index (χ3v) is 4.75. The van der Waals surface area contributed by atoms with Gasteiger partial charge in [0.2, 0.25) is 0 Å². The average molecular weight is 319 g/mol. The number of nitrogens with zero attached hydrogens (tertiary/aromatic N) is 1. The van der Waals surface area contributed by atoms with Crippen molar-refractivity contribution >= 4 is 38.6 Å². The number of hydrogen-bond acceptors (Lipinski definition) is 4. The lowest BCUT2D eigenvalue weighted by Gasteiger charge is -2.09. The molecule has 0 spiro atoms. The topological polar surface area (TPSA) is 39.2 Å². The van der Waals surface area contributed by atoms with E-state index in [-0.39, 0.29) is 0 Å². The molecule has 0 bridgehead atoms. The number of fused-ring (bicyclic) bond motifs is 2. The van der Waals surface area contributed by atoms with Gasteiger partial charge in [-0.2, -0.15) is 0 Å². The maximum absolute atomic E-state index is 11.5. The van der Waals surface area contributed by atoms with Gasteiger partial charge in [0.25, 0.3) is 0 Å². The molecule has 4 aromatic rings. The Morgan fingerprint density at radius 2 is 1.83 bits per heavy atom. The normalized spacial score (nSPS) is 11.0. The second kappa shape index (κ2) is 5.82. The van der Waals surface area contributed by atoms with Crippen molar-refractivity contribution in [3.63, 3.8) is 0 Å². The van der Waals surface area contributed by atoms with Crippen molar-refractivity contribution in [1.29, 1.82) is 0 Å². The van der Waals surface area contributed by atoms with Crippen LogP contribution in [-0.4, -0.2) is 11.3 Å². The molecule has 0 aliphatic carbocycles. The van der Waals surface area contributed by atoms with Crippen LogP contribution in [0.1, 0.15) is 15.4 Å². The minimum atomic E-state index is 0.360. The summed E-state index contributed by atoms with van der Waals surface area (Å²) in [6, 6.07) is 19.6. The van der Waals surface area contributed by atoms with Crippen LogP contribution in [0.3, 0.4) is 0 Å². The van der Waals surface area contributed by atoms with E-state index in [2.05, 4.69) is 4.98 Å². The molecule has 0 radical (unpaired) electrons. The third kappa shape index (κ3) is 2.58. The summed E-state index contributed by atoms with van der Waals surface area (Å²) in [5.74, 6) is 0.595. The summed E-state index contributed by atoms with van der Waals surface area (Å²) >= 11 is 1.61. The molecule has 1 heterocycles. The molecule has 0 aliphatic rings. The molecule has 0 saturated carbocycles. The minimum Gasteiger partial charge on any atom is -0.486 e. The second-order valence-corrected chi connectivity index (χ2v) is 6.30. The molecule has 0 atom stereocenters. The second-order valence-electron chi connectivity index (χ2n) is 5.18. The van der Waals surface area contributed by atoms with Crippen LogP contribution < -0.4 is 4.74 Å². The lowest BCUT2D eigenvalue weighted by molar-refractivity contribution is 0.112. The molecule has 3 aromatic carbocycles. The molecule has 4 heteroatoms. The number of benzene rings is 3. The van der Waals surface area contributed by atoms with Crippen LogP contribution >= 0.6 is 11.3 Å². The largest absolute Gasteiger partial charge is 0.486 e. The van der Waals surface area contributed by atoms with Crippen molar-refractivity contribution in [2.45, 2.75) is 6.61 Å². The van der Waals surface area contributed by atoms with E-state index in [9.17, 15) is 4.79 Å². The highest BCUT2D eigenvalue weighted by atomic mass is 32.1. The number of rotatable bonds is 4. The van der Waals surface area contributed by atoms with E-state index in [1.807, 2.05) is 60.7 Å². The Bertz CT molecular complexity index is 974. The van der Waals surface area contributed by atoms with E-state index in [0.29, 0.717) is 17.9 Å². The smallest absolute Gasteiger partial charge is 0.154 e. The van der Waals surface area contributed by atoms with E-state index in [4.69, 9.17) is 4.74 Å². The Labute approximate surface area is 137 Å². The summed E-state index contributed by atoms with van der Waals surface area (Å²) < 4.78 is 7.01. The molecule has 0 saturated heterocycles. The number of carbonyl (C=O) groups excluding carboxylic acids is 1. The molecule has 1 aromatic heterocycles. The average Bonchev–Trinajstić information content (AvgIpc) is 3.02. The first kappa shape index (κ1) is 13.9. The monoisotopic (exact) mass is 319 g/mol. The highest BCUT2D eigenvalue weighted by molar-refractivity contribution is 7.18. The van der Waals surface area contributed by atoms with E-state index in [1.165, 1.54) is 0 Å². The lowest BCUT2D eigenvalue weighted by atomic mass is 10.0. The van der Waals surface area contributed by atoms with E-state index < -0.39 is 0 Å². The SMILES string of the molecule is O=Cc1c(OCc2nc3ccccc3s2)ccc2ccccc12. The van der Waals surface area contributed by atoms with Gasteiger partial charge in [-0.3, -0.25) is 4.79 Å². The summed E-state index contributed by atoms with van der Waals surface area (Å²) in [4.78, 5) is 16.1. The van der Waals surface area contributed by atoms with Gasteiger partial charge in [-0.05, 0) is 29.0 Å². The van der Waals surface area contributed by atoms with Gasteiger partial charge in [0.1, 0.15) is 17.4 Å². The van der Waals surface area contributed by atoms with Crippen molar-refractivity contribution in [2.24, 2.45) is 0 Å². The number of ether oxygens (including phenoxy) is 1. The van der Waals surface area contributed by atoms with Crippen molar-refractivity contribution in [3.8, 4) is 5.75 Å². The number of para-hydroxylation sites is 1. The minimum absolute atomic E-state index is 0.360. The first-order valence-electron chi connectivity index (χ1n) is 7.29. The summed E-state index contributed by atoms with van der Waals surface area (Å²) in [5, 5.41) is 2.84. The standard InChI is InChI=1S/C19H13NO2S/c21-11-15-14-6-2-1-5-13(14)9-10-17(15)22-12-19-20-16-7-3-4-8-18(16)23-19/h1-11H,12H2. The van der Waals surface area contributed by atoms with Crippen molar-refractivity contribution in [3.05, 3.63) is 71.2 Å². The van der Waals surface area contributed by atoms with Gasteiger partial charge in [-0.25, -0.2) is 4.98 Å². The lowest BCUT2D eigenvalue weighted by Crippen LogP contribution is -1.98. The van der Waals surface area contributed by atoms with Crippen LogP contribution in [0.15, 0.2) is 60.7 Å². The third-order valence-electron chi connectivity index (χ3n) is 3.74.